The van der Waals surface area contributed by atoms with Crippen LogP contribution in [0.4, 0.5) is 0 Å². The van der Waals surface area contributed by atoms with E-state index in [2.05, 4.69) is 15.6 Å². The fourth-order valence-corrected chi connectivity index (χ4v) is 1.76. The zero-order chi connectivity index (χ0) is 10.4. The number of thiazole rings is 1. The van der Waals surface area contributed by atoms with E-state index in [4.69, 9.17) is 0 Å². The number of rotatable bonds is 5. The number of carbonyl (C=O) groups is 1. The summed E-state index contributed by atoms with van der Waals surface area (Å²) in [7, 11) is 0. The normalized spacial score (nSPS) is 9.47. The van der Waals surface area contributed by atoms with Gasteiger partial charge in [0.1, 0.15) is 4.88 Å². The average Bonchev–Trinajstić information content (AvgIpc) is 2.59. The zero-order valence-corrected chi connectivity index (χ0v) is 10.5. The van der Waals surface area contributed by atoms with E-state index in [-0.39, 0.29) is 18.3 Å². The molecule has 1 amide bonds. The minimum Gasteiger partial charge on any atom is -0.350 e. The van der Waals surface area contributed by atoms with Gasteiger partial charge in [0, 0.05) is 13.1 Å². The van der Waals surface area contributed by atoms with Gasteiger partial charge < -0.3 is 10.6 Å². The molecule has 15 heavy (non-hydrogen) atoms. The summed E-state index contributed by atoms with van der Waals surface area (Å²) >= 11 is 1.38. The van der Waals surface area contributed by atoms with Gasteiger partial charge in [-0.3, -0.25) is 4.79 Å². The van der Waals surface area contributed by atoms with Crippen LogP contribution < -0.4 is 10.6 Å². The number of amides is 1. The molecule has 6 heteroatoms. The van der Waals surface area contributed by atoms with Gasteiger partial charge in [0.2, 0.25) is 0 Å². The summed E-state index contributed by atoms with van der Waals surface area (Å²) in [5.74, 6) is -0.0251. The second kappa shape index (κ2) is 7.62. The van der Waals surface area contributed by atoms with Crippen LogP contribution >= 0.6 is 23.7 Å². The largest absolute Gasteiger partial charge is 0.350 e. The molecule has 1 aromatic rings. The third-order valence-electron chi connectivity index (χ3n) is 1.79. The highest BCUT2D eigenvalue weighted by molar-refractivity contribution is 7.11. The van der Waals surface area contributed by atoms with Crippen molar-refractivity contribution in [2.24, 2.45) is 0 Å². The van der Waals surface area contributed by atoms with E-state index in [0.29, 0.717) is 11.4 Å². The first-order chi connectivity index (χ1) is 6.75. The SMILES string of the molecule is CCNCCNC(=O)c1scnc1C.Cl. The van der Waals surface area contributed by atoms with Crippen LogP contribution in [0, 0.1) is 6.92 Å². The highest BCUT2D eigenvalue weighted by Gasteiger charge is 2.09. The number of aromatic nitrogens is 1. The fourth-order valence-electron chi connectivity index (χ4n) is 1.04. The molecule has 0 radical (unpaired) electrons. The molecule has 0 aliphatic carbocycles. The lowest BCUT2D eigenvalue weighted by Gasteiger charge is -2.03. The Hall–Kier alpha value is -0.650. The Morgan fingerprint density at radius 3 is 2.80 bits per heavy atom. The van der Waals surface area contributed by atoms with Crippen molar-refractivity contribution in [2.75, 3.05) is 19.6 Å². The van der Waals surface area contributed by atoms with Gasteiger partial charge in [0.15, 0.2) is 0 Å². The van der Waals surface area contributed by atoms with Gasteiger partial charge in [-0.15, -0.1) is 23.7 Å². The Morgan fingerprint density at radius 1 is 1.53 bits per heavy atom. The standard InChI is InChI=1S/C9H15N3OS.ClH/c1-3-10-4-5-11-9(13)8-7(2)12-6-14-8;/h6,10H,3-5H2,1-2H3,(H,11,13);1H. The highest BCUT2D eigenvalue weighted by atomic mass is 35.5. The molecular formula is C9H16ClN3OS. The number of nitrogens with one attached hydrogen (secondary N) is 2. The molecule has 0 atom stereocenters. The molecule has 1 rings (SSSR count). The monoisotopic (exact) mass is 249 g/mol. The Bertz CT molecular complexity index is 303. The lowest BCUT2D eigenvalue weighted by Crippen LogP contribution is -2.31. The summed E-state index contributed by atoms with van der Waals surface area (Å²) in [6, 6.07) is 0. The first-order valence-corrected chi connectivity index (χ1v) is 5.52. The second-order valence-corrected chi connectivity index (χ2v) is 3.73. The van der Waals surface area contributed by atoms with Crippen LogP contribution in [0.15, 0.2) is 5.51 Å². The third kappa shape index (κ3) is 4.59. The van der Waals surface area contributed by atoms with Crippen LogP contribution in [0.2, 0.25) is 0 Å². The molecular weight excluding hydrogens is 234 g/mol. The summed E-state index contributed by atoms with van der Waals surface area (Å²) in [4.78, 5) is 16.3. The third-order valence-corrected chi connectivity index (χ3v) is 2.72. The van der Waals surface area contributed by atoms with Gasteiger partial charge in [-0.2, -0.15) is 0 Å². The Kier molecular flexibility index (Phi) is 7.29. The average molecular weight is 250 g/mol. The predicted molar refractivity (Wildman–Crippen MR) is 65.0 cm³/mol. The lowest BCUT2D eigenvalue weighted by atomic mass is 10.4. The van der Waals surface area contributed by atoms with E-state index < -0.39 is 0 Å². The molecule has 0 aliphatic rings. The summed E-state index contributed by atoms with van der Waals surface area (Å²) < 4.78 is 0. The van der Waals surface area contributed by atoms with Gasteiger partial charge >= 0.3 is 0 Å². The molecule has 1 aromatic heterocycles. The first kappa shape index (κ1) is 14.3. The minimum atomic E-state index is -0.0251. The van der Waals surface area contributed by atoms with E-state index in [1.807, 2.05) is 13.8 Å². The van der Waals surface area contributed by atoms with E-state index in [1.54, 1.807) is 5.51 Å². The zero-order valence-electron chi connectivity index (χ0n) is 8.87. The van der Waals surface area contributed by atoms with E-state index in [1.165, 1.54) is 11.3 Å². The molecule has 86 valence electrons. The number of halogens is 1. The van der Waals surface area contributed by atoms with E-state index >= 15 is 0 Å². The predicted octanol–water partition coefficient (Wildman–Crippen LogP) is 1.21. The lowest BCUT2D eigenvalue weighted by molar-refractivity contribution is 0.0957. The molecule has 0 saturated heterocycles. The maximum Gasteiger partial charge on any atom is 0.263 e. The summed E-state index contributed by atoms with van der Waals surface area (Å²) in [6.07, 6.45) is 0. The Labute approximate surface area is 99.9 Å². The van der Waals surface area contributed by atoms with Crippen LogP contribution in [0.1, 0.15) is 22.3 Å². The van der Waals surface area contributed by atoms with Gasteiger partial charge in [-0.25, -0.2) is 4.98 Å². The molecule has 1 heterocycles. The van der Waals surface area contributed by atoms with Crippen molar-refractivity contribution in [3.05, 3.63) is 16.1 Å². The molecule has 4 nitrogen and oxygen atoms in total. The van der Waals surface area contributed by atoms with Crippen LogP contribution in [0.5, 0.6) is 0 Å². The van der Waals surface area contributed by atoms with Crippen LogP contribution in [0.25, 0.3) is 0 Å². The summed E-state index contributed by atoms with van der Waals surface area (Å²) in [5.41, 5.74) is 2.49. The number of nitrogens with zero attached hydrogens (tertiary/aromatic N) is 1. The molecule has 2 N–H and O–H groups in total. The molecule has 0 saturated carbocycles. The van der Waals surface area contributed by atoms with Gasteiger partial charge in [0.05, 0.1) is 11.2 Å². The van der Waals surface area contributed by atoms with Crippen molar-refractivity contribution in [3.8, 4) is 0 Å². The Balaban J connectivity index is 0.00000196. The minimum absolute atomic E-state index is 0. The van der Waals surface area contributed by atoms with Crippen molar-refractivity contribution in [2.45, 2.75) is 13.8 Å². The van der Waals surface area contributed by atoms with Crippen molar-refractivity contribution >= 4 is 29.7 Å². The molecule has 0 aromatic carbocycles. The highest BCUT2D eigenvalue weighted by Crippen LogP contribution is 2.10. The van der Waals surface area contributed by atoms with Gasteiger partial charge in [-0.1, -0.05) is 6.92 Å². The van der Waals surface area contributed by atoms with Gasteiger partial charge in [-0.05, 0) is 13.5 Å². The maximum atomic E-state index is 11.5. The number of hydrogen-bond donors (Lipinski definition) is 2. The molecule has 0 spiro atoms. The van der Waals surface area contributed by atoms with Crippen molar-refractivity contribution in [3.63, 3.8) is 0 Å². The van der Waals surface area contributed by atoms with E-state index in [9.17, 15) is 4.79 Å². The van der Waals surface area contributed by atoms with Crippen LogP contribution in [-0.4, -0.2) is 30.5 Å². The van der Waals surface area contributed by atoms with Gasteiger partial charge in [0.25, 0.3) is 5.91 Å². The summed E-state index contributed by atoms with van der Waals surface area (Å²) in [5, 5.41) is 5.97. The van der Waals surface area contributed by atoms with Crippen molar-refractivity contribution in [1.82, 2.24) is 15.6 Å². The molecule has 0 fully saturated rings. The Morgan fingerprint density at radius 2 is 2.27 bits per heavy atom. The van der Waals surface area contributed by atoms with Crippen LogP contribution in [0.3, 0.4) is 0 Å². The first-order valence-electron chi connectivity index (χ1n) is 4.64. The van der Waals surface area contributed by atoms with Crippen molar-refractivity contribution in [1.29, 1.82) is 0 Å². The molecule has 0 unspecified atom stereocenters. The molecule has 0 aliphatic heterocycles. The topological polar surface area (TPSA) is 54.0 Å². The van der Waals surface area contributed by atoms with E-state index in [0.717, 1.165) is 18.8 Å². The second-order valence-electron chi connectivity index (χ2n) is 2.88. The smallest absolute Gasteiger partial charge is 0.263 e. The number of likely N-dealkylation sites (N-methyl/N-ethyl adjacent to an activating group) is 1. The number of carbonyl (C=O) groups excluding carboxylic acids is 1. The van der Waals surface area contributed by atoms with Crippen LogP contribution in [-0.2, 0) is 0 Å². The number of hydrogen-bond acceptors (Lipinski definition) is 4. The fraction of sp³-hybridized carbons (Fsp3) is 0.556. The summed E-state index contributed by atoms with van der Waals surface area (Å²) in [6.45, 7) is 6.27. The quantitative estimate of drug-likeness (QED) is 0.772. The number of aryl methyl sites for hydroxylation is 1. The molecule has 0 bridgehead atoms. The maximum absolute atomic E-state index is 11.5. The van der Waals surface area contributed by atoms with Crippen molar-refractivity contribution < 1.29 is 4.79 Å².